The molecule has 0 unspecified atom stereocenters. The van der Waals surface area contributed by atoms with Crippen molar-refractivity contribution in [1.82, 2.24) is 10.2 Å². The molecule has 5 nitrogen and oxygen atoms in total. The predicted molar refractivity (Wildman–Crippen MR) is 94.4 cm³/mol. The Morgan fingerprint density at radius 2 is 1.85 bits per heavy atom. The lowest BCUT2D eigenvalue weighted by molar-refractivity contribution is 0.578. The number of nitrogens with zero attached hydrogens (tertiary/aromatic N) is 2. The molecular formula is C13H22IN3O2S. The monoisotopic (exact) mass is 411 g/mol. The molecule has 0 fully saturated rings. The molecule has 0 saturated heterocycles. The van der Waals surface area contributed by atoms with E-state index in [0.717, 1.165) is 5.56 Å². The summed E-state index contributed by atoms with van der Waals surface area (Å²) in [6.07, 6.45) is 1.23. The second-order valence-electron chi connectivity index (χ2n) is 4.58. The minimum atomic E-state index is -2.95. The number of halogens is 1. The van der Waals surface area contributed by atoms with Crippen LogP contribution in [-0.4, -0.2) is 51.9 Å². The van der Waals surface area contributed by atoms with Crippen LogP contribution in [0, 0.1) is 0 Å². The first kappa shape index (κ1) is 19.2. The highest BCUT2D eigenvalue weighted by Gasteiger charge is 2.05. The quantitative estimate of drug-likeness (QED) is 0.452. The third-order valence-electron chi connectivity index (χ3n) is 2.43. The number of nitrogens with one attached hydrogen (secondary N) is 1. The standard InChI is InChI=1S/C13H21N3O2S.HI/c1-16(2)13(14-9-10-19(3,17)18)15-11-12-7-5-4-6-8-12;/h4-8H,9-11H2,1-3H3,(H,14,15);1H. The van der Waals surface area contributed by atoms with Gasteiger partial charge in [0.1, 0.15) is 9.84 Å². The van der Waals surface area contributed by atoms with Gasteiger partial charge in [0.15, 0.2) is 5.96 Å². The molecular weight excluding hydrogens is 389 g/mol. The van der Waals surface area contributed by atoms with Crippen molar-refractivity contribution in [2.24, 2.45) is 4.99 Å². The van der Waals surface area contributed by atoms with Gasteiger partial charge in [-0.25, -0.2) is 13.4 Å². The Morgan fingerprint density at radius 3 is 2.35 bits per heavy atom. The van der Waals surface area contributed by atoms with Crippen molar-refractivity contribution in [3.63, 3.8) is 0 Å². The maximum Gasteiger partial charge on any atom is 0.193 e. The van der Waals surface area contributed by atoms with E-state index < -0.39 is 9.84 Å². The highest BCUT2D eigenvalue weighted by atomic mass is 127. The summed E-state index contributed by atoms with van der Waals surface area (Å²) in [5.74, 6) is 0.790. The Balaban J connectivity index is 0.00000361. The summed E-state index contributed by atoms with van der Waals surface area (Å²) in [7, 11) is 0.796. The lowest BCUT2D eigenvalue weighted by Crippen LogP contribution is -2.38. The van der Waals surface area contributed by atoms with Gasteiger partial charge in [0.2, 0.25) is 0 Å². The number of hydrogen-bond donors (Lipinski definition) is 1. The third-order valence-corrected chi connectivity index (χ3v) is 3.38. The topological polar surface area (TPSA) is 61.8 Å². The zero-order chi connectivity index (χ0) is 14.3. The van der Waals surface area contributed by atoms with E-state index in [1.165, 1.54) is 6.26 Å². The average molecular weight is 411 g/mol. The van der Waals surface area contributed by atoms with Gasteiger partial charge < -0.3 is 10.2 Å². The summed E-state index contributed by atoms with van der Waals surface area (Å²) in [5, 5.41) is 3.04. The van der Waals surface area contributed by atoms with Crippen molar-refractivity contribution >= 4 is 39.8 Å². The van der Waals surface area contributed by atoms with Crippen LogP contribution in [-0.2, 0) is 16.4 Å². The molecule has 1 aromatic rings. The summed E-state index contributed by atoms with van der Waals surface area (Å²) < 4.78 is 22.1. The van der Waals surface area contributed by atoms with Gasteiger partial charge in [0.05, 0.1) is 12.3 Å². The highest BCUT2D eigenvalue weighted by Crippen LogP contribution is 2.00. The lowest BCUT2D eigenvalue weighted by Gasteiger charge is -2.17. The Bertz CT molecular complexity index is 516. The van der Waals surface area contributed by atoms with Crippen molar-refractivity contribution in [1.29, 1.82) is 0 Å². The first-order valence-electron chi connectivity index (χ1n) is 6.06. The van der Waals surface area contributed by atoms with Crippen molar-refractivity contribution < 1.29 is 8.42 Å². The smallest absolute Gasteiger partial charge is 0.193 e. The van der Waals surface area contributed by atoms with E-state index in [-0.39, 0.29) is 29.7 Å². The van der Waals surface area contributed by atoms with E-state index in [1.54, 1.807) is 0 Å². The van der Waals surface area contributed by atoms with E-state index in [0.29, 0.717) is 19.0 Å². The van der Waals surface area contributed by atoms with Gasteiger partial charge in [-0.2, -0.15) is 0 Å². The van der Waals surface area contributed by atoms with Crippen molar-refractivity contribution in [2.75, 3.05) is 32.6 Å². The molecule has 114 valence electrons. The molecule has 0 atom stereocenters. The average Bonchev–Trinajstić information content (AvgIpc) is 2.33. The molecule has 0 aliphatic heterocycles. The zero-order valence-corrected chi connectivity index (χ0v) is 15.2. The number of hydrogen-bond acceptors (Lipinski definition) is 3. The first-order valence-corrected chi connectivity index (χ1v) is 8.12. The molecule has 0 heterocycles. The fourth-order valence-corrected chi connectivity index (χ4v) is 1.93. The molecule has 0 amide bonds. The molecule has 0 aliphatic carbocycles. The van der Waals surface area contributed by atoms with Crippen molar-refractivity contribution in [3.05, 3.63) is 35.9 Å². The number of rotatable bonds is 5. The highest BCUT2D eigenvalue weighted by molar-refractivity contribution is 14.0. The van der Waals surface area contributed by atoms with Crippen LogP contribution in [0.2, 0.25) is 0 Å². The van der Waals surface area contributed by atoms with Gasteiger partial charge >= 0.3 is 0 Å². The second-order valence-corrected chi connectivity index (χ2v) is 6.84. The van der Waals surface area contributed by atoms with Crippen molar-refractivity contribution in [3.8, 4) is 0 Å². The lowest BCUT2D eigenvalue weighted by atomic mass is 10.2. The molecule has 20 heavy (non-hydrogen) atoms. The van der Waals surface area contributed by atoms with Gasteiger partial charge in [0, 0.05) is 26.9 Å². The molecule has 1 rings (SSSR count). The van der Waals surface area contributed by atoms with E-state index in [4.69, 9.17) is 0 Å². The molecule has 1 N–H and O–H groups in total. The van der Waals surface area contributed by atoms with E-state index >= 15 is 0 Å². The normalized spacial score (nSPS) is 11.7. The van der Waals surface area contributed by atoms with Crippen LogP contribution in [0.5, 0.6) is 0 Å². The second kappa shape index (κ2) is 9.17. The zero-order valence-electron chi connectivity index (χ0n) is 12.0. The van der Waals surface area contributed by atoms with Crippen LogP contribution < -0.4 is 5.32 Å². The van der Waals surface area contributed by atoms with Crippen molar-refractivity contribution in [2.45, 2.75) is 6.54 Å². The summed E-state index contributed by atoms with van der Waals surface area (Å²) in [4.78, 5) is 6.29. The molecule has 1 aromatic carbocycles. The molecule has 0 aromatic heterocycles. The van der Waals surface area contributed by atoms with Crippen LogP contribution in [0.3, 0.4) is 0 Å². The van der Waals surface area contributed by atoms with Gasteiger partial charge in [-0.05, 0) is 5.56 Å². The van der Waals surface area contributed by atoms with Gasteiger partial charge in [-0.3, -0.25) is 0 Å². The molecule has 0 spiro atoms. The summed E-state index contributed by atoms with van der Waals surface area (Å²) in [6, 6.07) is 9.92. The predicted octanol–water partition coefficient (Wildman–Crippen LogP) is 1.36. The maximum atomic E-state index is 11.1. The Morgan fingerprint density at radius 1 is 1.25 bits per heavy atom. The van der Waals surface area contributed by atoms with Gasteiger partial charge in [-0.15, -0.1) is 24.0 Å². The Kier molecular flexibility index (Phi) is 8.79. The minimum absolute atomic E-state index is 0. The van der Waals surface area contributed by atoms with E-state index in [1.807, 2.05) is 49.3 Å². The van der Waals surface area contributed by atoms with Gasteiger partial charge in [-0.1, -0.05) is 30.3 Å². The minimum Gasteiger partial charge on any atom is -0.355 e. The first-order chi connectivity index (χ1) is 8.88. The SMILES string of the molecule is CN(C)C(=NCc1ccccc1)NCCS(C)(=O)=O.I. The molecule has 0 bridgehead atoms. The Hall–Kier alpha value is -0.830. The maximum absolute atomic E-state index is 11.1. The molecule has 0 aliphatic rings. The summed E-state index contributed by atoms with van der Waals surface area (Å²) in [6.45, 7) is 0.935. The fourth-order valence-electron chi connectivity index (χ4n) is 1.45. The summed E-state index contributed by atoms with van der Waals surface area (Å²) >= 11 is 0. The number of aliphatic imine (C=N–C) groups is 1. The van der Waals surface area contributed by atoms with E-state index in [9.17, 15) is 8.42 Å². The van der Waals surface area contributed by atoms with Crippen LogP contribution in [0.1, 0.15) is 5.56 Å². The number of sulfone groups is 1. The van der Waals surface area contributed by atoms with Crippen LogP contribution >= 0.6 is 24.0 Å². The summed E-state index contributed by atoms with van der Waals surface area (Å²) in [5.41, 5.74) is 1.12. The fraction of sp³-hybridized carbons (Fsp3) is 0.462. The number of benzene rings is 1. The largest absolute Gasteiger partial charge is 0.355 e. The third kappa shape index (κ3) is 8.36. The van der Waals surface area contributed by atoms with Crippen LogP contribution in [0.15, 0.2) is 35.3 Å². The van der Waals surface area contributed by atoms with E-state index in [2.05, 4.69) is 10.3 Å². The molecule has 0 radical (unpaired) electrons. The Labute approximate surface area is 138 Å². The molecule has 7 heteroatoms. The molecule has 0 saturated carbocycles. The number of guanidine groups is 1. The van der Waals surface area contributed by atoms with Gasteiger partial charge in [0.25, 0.3) is 0 Å². The van der Waals surface area contributed by atoms with Crippen LogP contribution in [0.25, 0.3) is 0 Å². The van der Waals surface area contributed by atoms with Crippen LogP contribution in [0.4, 0.5) is 0 Å².